The molecular weight excluding hydrogens is 312 g/mol. The quantitative estimate of drug-likeness (QED) is 0.695. The van der Waals surface area contributed by atoms with E-state index in [2.05, 4.69) is 26.5 Å². The Kier molecular flexibility index (Phi) is 4.35. The fourth-order valence-corrected chi connectivity index (χ4v) is 1.77. The second kappa shape index (κ2) is 6.19. The van der Waals surface area contributed by atoms with Gasteiger partial charge in [0, 0.05) is 4.47 Å². The maximum Gasteiger partial charge on any atom is 0.275 e. The summed E-state index contributed by atoms with van der Waals surface area (Å²) in [6, 6.07) is 8.59. The maximum absolute atomic E-state index is 11.9. The average Bonchev–Trinajstić information content (AvgIpc) is 2.91. The lowest BCUT2D eigenvalue weighted by Crippen LogP contribution is -2.18. The van der Waals surface area contributed by atoms with E-state index in [0.29, 0.717) is 17.1 Å². The van der Waals surface area contributed by atoms with Crippen molar-refractivity contribution in [2.24, 2.45) is 5.10 Å². The standard InChI is InChI=1S/C13H11BrN2O3/c1-18-12-7-9(14)4-5-11(12)13(17)16-15-8-10-3-2-6-19-10/h2-8H,1H3,(H,16,17)/b15-8-. The molecule has 1 N–H and O–H groups in total. The number of hydrogen-bond acceptors (Lipinski definition) is 4. The molecule has 0 saturated carbocycles. The van der Waals surface area contributed by atoms with Crippen LogP contribution in [0.3, 0.4) is 0 Å². The summed E-state index contributed by atoms with van der Waals surface area (Å²) in [5.41, 5.74) is 2.81. The van der Waals surface area contributed by atoms with Crippen molar-refractivity contribution in [1.29, 1.82) is 0 Å². The third kappa shape index (κ3) is 3.45. The van der Waals surface area contributed by atoms with Crippen molar-refractivity contribution in [3.63, 3.8) is 0 Å². The Bertz CT molecular complexity index is 594. The number of furan rings is 1. The molecule has 1 aromatic carbocycles. The summed E-state index contributed by atoms with van der Waals surface area (Å²) in [6.07, 6.45) is 2.95. The van der Waals surface area contributed by atoms with Crippen LogP contribution in [0.5, 0.6) is 5.75 Å². The largest absolute Gasteiger partial charge is 0.496 e. The van der Waals surface area contributed by atoms with E-state index in [1.54, 1.807) is 30.3 Å². The first kappa shape index (κ1) is 13.4. The second-order valence-corrected chi connectivity index (χ2v) is 4.47. The Labute approximate surface area is 118 Å². The molecule has 1 heterocycles. The summed E-state index contributed by atoms with van der Waals surface area (Å²) in [4.78, 5) is 11.9. The molecule has 98 valence electrons. The molecule has 0 aliphatic carbocycles. The molecule has 1 aromatic heterocycles. The number of nitrogens with one attached hydrogen (secondary N) is 1. The van der Waals surface area contributed by atoms with Gasteiger partial charge in [0.25, 0.3) is 5.91 Å². The zero-order chi connectivity index (χ0) is 13.7. The summed E-state index contributed by atoms with van der Waals surface area (Å²) in [7, 11) is 1.50. The van der Waals surface area contributed by atoms with Crippen LogP contribution in [-0.2, 0) is 0 Å². The Morgan fingerprint density at radius 2 is 2.32 bits per heavy atom. The highest BCUT2D eigenvalue weighted by molar-refractivity contribution is 9.10. The van der Waals surface area contributed by atoms with Gasteiger partial charge >= 0.3 is 0 Å². The van der Waals surface area contributed by atoms with Crippen LogP contribution in [0.1, 0.15) is 16.1 Å². The Morgan fingerprint density at radius 3 is 3.00 bits per heavy atom. The maximum atomic E-state index is 11.9. The van der Waals surface area contributed by atoms with Gasteiger partial charge in [0.05, 0.1) is 25.2 Å². The van der Waals surface area contributed by atoms with Gasteiger partial charge < -0.3 is 9.15 Å². The van der Waals surface area contributed by atoms with E-state index in [0.717, 1.165) is 4.47 Å². The number of hydrogen-bond donors (Lipinski definition) is 1. The minimum atomic E-state index is -0.354. The minimum absolute atomic E-state index is 0.354. The van der Waals surface area contributed by atoms with Gasteiger partial charge in [-0.1, -0.05) is 15.9 Å². The predicted octanol–water partition coefficient (Wildman–Crippen LogP) is 2.81. The lowest BCUT2D eigenvalue weighted by atomic mass is 10.2. The first-order chi connectivity index (χ1) is 9.20. The number of methoxy groups -OCH3 is 1. The number of nitrogens with zero attached hydrogens (tertiary/aromatic N) is 1. The molecule has 1 amide bonds. The molecule has 0 atom stereocenters. The van der Waals surface area contributed by atoms with Gasteiger partial charge in [-0.3, -0.25) is 4.79 Å². The summed E-state index contributed by atoms with van der Waals surface area (Å²) in [5, 5.41) is 3.80. The van der Waals surface area contributed by atoms with Crippen molar-refractivity contribution >= 4 is 28.1 Å². The summed E-state index contributed by atoms with van der Waals surface area (Å²) in [5.74, 6) is 0.676. The van der Waals surface area contributed by atoms with Gasteiger partial charge in [-0.15, -0.1) is 0 Å². The molecular formula is C13H11BrN2O3. The minimum Gasteiger partial charge on any atom is -0.496 e. The number of hydrazone groups is 1. The smallest absolute Gasteiger partial charge is 0.275 e. The highest BCUT2D eigenvalue weighted by atomic mass is 79.9. The fraction of sp³-hybridized carbons (Fsp3) is 0.0769. The lowest BCUT2D eigenvalue weighted by molar-refractivity contribution is 0.0952. The molecule has 0 saturated heterocycles. The Morgan fingerprint density at radius 1 is 1.47 bits per heavy atom. The summed E-state index contributed by atoms with van der Waals surface area (Å²) < 4.78 is 11.0. The van der Waals surface area contributed by atoms with E-state index < -0.39 is 0 Å². The highest BCUT2D eigenvalue weighted by Crippen LogP contribution is 2.23. The Hall–Kier alpha value is -2.08. The van der Waals surface area contributed by atoms with Gasteiger partial charge in [0.1, 0.15) is 11.5 Å². The van der Waals surface area contributed by atoms with Crippen LogP contribution in [0.4, 0.5) is 0 Å². The molecule has 0 spiro atoms. The topological polar surface area (TPSA) is 63.8 Å². The molecule has 0 fully saturated rings. The van der Waals surface area contributed by atoms with E-state index >= 15 is 0 Å². The molecule has 2 rings (SSSR count). The molecule has 0 bridgehead atoms. The van der Waals surface area contributed by atoms with Gasteiger partial charge in [0.15, 0.2) is 0 Å². The van der Waals surface area contributed by atoms with E-state index in [9.17, 15) is 4.79 Å². The number of carbonyl (C=O) groups is 1. The number of rotatable bonds is 4. The van der Waals surface area contributed by atoms with Crippen molar-refractivity contribution in [2.75, 3.05) is 7.11 Å². The second-order valence-electron chi connectivity index (χ2n) is 3.56. The zero-order valence-electron chi connectivity index (χ0n) is 10.1. The highest BCUT2D eigenvalue weighted by Gasteiger charge is 2.11. The van der Waals surface area contributed by atoms with Crippen LogP contribution in [0.15, 0.2) is 50.6 Å². The number of halogens is 1. The molecule has 0 aliphatic rings. The average molecular weight is 323 g/mol. The molecule has 6 heteroatoms. The van der Waals surface area contributed by atoms with Gasteiger partial charge in [-0.25, -0.2) is 5.43 Å². The number of carbonyl (C=O) groups excluding carboxylic acids is 1. The van der Waals surface area contributed by atoms with Gasteiger partial charge in [-0.2, -0.15) is 5.10 Å². The van der Waals surface area contributed by atoms with Crippen LogP contribution in [0.25, 0.3) is 0 Å². The van der Waals surface area contributed by atoms with Crippen LogP contribution < -0.4 is 10.2 Å². The zero-order valence-corrected chi connectivity index (χ0v) is 11.7. The van der Waals surface area contributed by atoms with Gasteiger partial charge in [0.2, 0.25) is 0 Å². The summed E-state index contributed by atoms with van der Waals surface area (Å²) in [6.45, 7) is 0. The van der Waals surface area contributed by atoms with Crippen molar-refractivity contribution in [3.8, 4) is 5.75 Å². The third-order valence-electron chi connectivity index (χ3n) is 2.31. The van der Waals surface area contributed by atoms with Crippen molar-refractivity contribution in [2.45, 2.75) is 0 Å². The van der Waals surface area contributed by atoms with Gasteiger partial charge in [-0.05, 0) is 30.3 Å². The summed E-state index contributed by atoms with van der Waals surface area (Å²) >= 11 is 3.31. The lowest BCUT2D eigenvalue weighted by Gasteiger charge is -2.07. The van der Waals surface area contributed by atoms with Crippen LogP contribution in [0, 0.1) is 0 Å². The van der Waals surface area contributed by atoms with Crippen LogP contribution >= 0.6 is 15.9 Å². The van der Waals surface area contributed by atoms with E-state index in [1.807, 2.05) is 0 Å². The SMILES string of the molecule is COc1cc(Br)ccc1C(=O)N/N=C\c1ccco1. The van der Waals surface area contributed by atoms with E-state index in [4.69, 9.17) is 9.15 Å². The van der Waals surface area contributed by atoms with Crippen molar-refractivity contribution < 1.29 is 13.9 Å². The van der Waals surface area contributed by atoms with E-state index in [-0.39, 0.29) is 5.91 Å². The molecule has 2 aromatic rings. The third-order valence-corrected chi connectivity index (χ3v) is 2.80. The van der Waals surface area contributed by atoms with Crippen molar-refractivity contribution in [3.05, 3.63) is 52.4 Å². The fourth-order valence-electron chi connectivity index (χ4n) is 1.43. The first-order valence-corrected chi connectivity index (χ1v) is 6.20. The van der Waals surface area contributed by atoms with Crippen LogP contribution in [-0.4, -0.2) is 19.2 Å². The molecule has 0 radical (unpaired) electrons. The monoisotopic (exact) mass is 322 g/mol. The normalized spacial score (nSPS) is 10.6. The molecule has 0 unspecified atom stereocenters. The number of ether oxygens (including phenoxy) is 1. The van der Waals surface area contributed by atoms with Crippen LogP contribution in [0.2, 0.25) is 0 Å². The molecule has 0 aliphatic heterocycles. The molecule has 19 heavy (non-hydrogen) atoms. The first-order valence-electron chi connectivity index (χ1n) is 5.41. The predicted molar refractivity (Wildman–Crippen MR) is 74.5 cm³/mol. The molecule has 5 nitrogen and oxygen atoms in total. The number of benzene rings is 1. The Balaban J connectivity index is 2.08. The van der Waals surface area contributed by atoms with E-state index in [1.165, 1.54) is 19.6 Å². The number of amides is 1. The van der Waals surface area contributed by atoms with Crippen molar-refractivity contribution in [1.82, 2.24) is 5.43 Å².